The summed E-state index contributed by atoms with van der Waals surface area (Å²) in [7, 11) is 0. The average molecular weight is 522 g/mol. The number of carbonyl (C=O) groups excluding carboxylic acids is 2. The van der Waals surface area contributed by atoms with Crippen molar-refractivity contribution in [1.29, 1.82) is 0 Å². The van der Waals surface area contributed by atoms with Gasteiger partial charge in [0, 0.05) is 69.0 Å². The highest BCUT2D eigenvalue weighted by Gasteiger charge is 2.32. The fourth-order valence-corrected chi connectivity index (χ4v) is 5.74. The highest BCUT2D eigenvalue weighted by molar-refractivity contribution is 5.89. The van der Waals surface area contributed by atoms with Crippen LogP contribution in [0.25, 0.3) is 11.4 Å². The minimum atomic E-state index is -0.219. The Hall–Kier alpha value is -3.24. The Labute approximate surface area is 224 Å². The Morgan fingerprint density at radius 2 is 1.84 bits per heavy atom. The van der Waals surface area contributed by atoms with Crippen LogP contribution in [0.15, 0.2) is 24.3 Å². The van der Waals surface area contributed by atoms with Gasteiger partial charge in [0.25, 0.3) is 0 Å². The Morgan fingerprint density at radius 3 is 2.53 bits per heavy atom. The van der Waals surface area contributed by atoms with Gasteiger partial charge in [-0.2, -0.15) is 0 Å². The number of fused-ring (bicyclic) bond motifs is 1. The first kappa shape index (κ1) is 26.4. The molecule has 1 atom stereocenters. The number of hydrogen-bond donors (Lipinski definition) is 2. The van der Waals surface area contributed by atoms with Crippen molar-refractivity contribution in [2.75, 3.05) is 56.2 Å². The number of urea groups is 1. The second kappa shape index (κ2) is 11.7. The molecule has 0 saturated carbocycles. The van der Waals surface area contributed by atoms with Crippen LogP contribution in [-0.4, -0.2) is 89.7 Å². The third-order valence-corrected chi connectivity index (χ3v) is 7.88. The van der Waals surface area contributed by atoms with E-state index in [-0.39, 0.29) is 18.0 Å². The minimum absolute atomic E-state index is 0.168. The van der Waals surface area contributed by atoms with Gasteiger partial charge in [-0.25, -0.2) is 14.8 Å². The Balaban J connectivity index is 1.42. The molecule has 10 heteroatoms. The minimum Gasteiger partial charge on any atom is -0.377 e. The van der Waals surface area contributed by atoms with Gasteiger partial charge >= 0.3 is 6.03 Å². The molecule has 5 rings (SSSR count). The third kappa shape index (κ3) is 5.76. The van der Waals surface area contributed by atoms with Crippen molar-refractivity contribution in [3.63, 3.8) is 0 Å². The van der Waals surface area contributed by atoms with E-state index in [1.165, 1.54) is 5.56 Å². The number of rotatable bonds is 5. The zero-order chi connectivity index (χ0) is 26.6. The van der Waals surface area contributed by atoms with Gasteiger partial charge in [0.2, 0.25) is 5.91 Å². The first-order chi connectivity index (χ1) is 18.4. The largest absolute Gasteiger partial charge is 0.377 e. The third-order valence-electron chi connectivity index (χ3n) is 7.88. The summed E-state index contributed by atoms with van der Waals surface area (Å²) in [4.78, 5) is 40.8. The van der Waals surface area contributed by atoms with Crippen LogP contribution >= 0.6 is 0 Å². The predicted octanol–water partition coefficient (Wildman–Crippen LogP) is 2.88. The van der Waals surface area contributed by atoms with Crippen LogP contribution in [-0.2, 0) is 22.5 Å². The van der Waals surface area contributed by atoms with E-state index in [4.69, 9.17) is 14.7 Å². The maximum Gasteiger partial charge on any atom is 0.319 e. The SMILES string of the molecule is CCNC(=O)Nc1ccc(-c2nc3c(c(N4CCOCC4C)n2)CCN(C2CCN(C(C)=O)CC2)C3)cc1. The van der Waals surface area contributed by atoms with Crippen molar-refractivity contribution in [3.05, 3.63) is 35.5 Å². The van der Waals surface area contributed by atoms with E-state index >= 15 is 0 Å². The first-order valence-electron chi connectivity index (χ1n) is 13.8. The van der Waals surface area contributed by atoms with Crippen LogP contribution in [0, 0.1) is 0 Å². The van der Waals surface area contributed by atoms with Gasteiger partial charge in [-0.15, -0.1) is 0 Å². The molecule has 3 aliphatic rings. The predicted molar refractivity (Wildman–Crippen MR) is 147 cm³/mol. The Kier molecular flexibility index (Phi) is 8.09. The lowest BCUT2D eigenvalue weighted by molar-refractivity contribution is -0.130. The van der Waals surface area contributed by atoms with E-state index in [1.807, 2.05) is 36.1 Å². The van der Waals surface area contributed by atoms with E-state index in [0.717, 1.165) is 74.7 Å². The molecule has 2 saturated heterocycles. The van der Waals surface area contributed by atoms with Crippen LogP contribution in [0.3, 0.4) is 0 Å². The van der Waals surface area contributed by atoms with Gasteiger partial charge in [-0.05, 0) is 57.4 Å². The van der Waals surface area contributed by atoms with Crippen molar-refractivity contribution < 1.29 is 14.3 Å². The maximum atomic E-state index is 11.9. The van der Waals surface area contributed by atoms with Crippen LogP contribution in [0.5, 0.6) is 0 Å². The summed E-state index contributed by atoms with van der Waals surface area (Å²) in [6, 6.07) is 8.19. The van der Waals surface area contributed by atoms with Crippen molar-refractivity contribution >= 4 is 23.4 Å². The quantitative estimate of drug-likeness (QED) is 0.624. The molecular formula is C28H39N7O3. The second-order valence-electron chi connectivity index (χ2n) is 10.4. The van der Waals surface area contributed by atoms with Gasteiger partial charge in [0.05, 0.1) is 24.9 Å². The van der Waals surface area contributed by atoms with Crippen LogP contribution in [0.4, 0.5) is 16.3 Å². The number of piperidine rings is 1. The molecule has 204 valence electrons. The maximum absolute atomic E-state index is 11.9. The topological polar surface area (TPSA) is 103 Å². The molecule has 2 N–H and O–H groups in total. The molecular weight excluding hydrogens is 482 g/mol. The molecule has 0 radical (unpaired) electrons. The fraction of sp³-hybridized carbons (Fsp3) is 0.571. The van der Waals surface area contributed by atoms with Gasteiger partial charge in [-0.3, -0.25) is 9.69 Å². The van der Waals surface area contributed by atoms with Crippen molar-refractivity contribution in [2.24, 2.45) is 0 Å². The smallest absolute Gasteiger partial charge is 0.319 e. The lowest BCUT2D eigenvalue weighted by Crippen LogP contribution is -2.48. The average Bonchev–Trinajstić information content (AvgIpc) is 2.93. The highest BCUT2D eigenvalue weighted by Crippen LogP contribution is 2.33. The molecule has 4 heterocycles. The summed E-state index contributed by atoms with van der Waals surface area (Å²) in [5.41, 5.74) is 3.98. The molecule has 10 nitrogen and oxygen atoms in total. The molecule has 0 aliphatic carbocycles. The zero-order valence-electron chi connectivity index (χ0n) is 22.7. The molecule has 1 aromatic heterocycles. The highest BCUT2D eigenvalue weighted by atomic mass is 16.5. The van der Waals surface area contributed by atoms with Gasteiger partial charge in [-0.1, -0.05) is 0 Å². The van der Waals surface area contributed by atoms with E-state index < -0.39 is 0 Å². The number of nitrogens with one attached hydrogen (secondary N) is 2. The summed E-state index contributed by atoms with van der Waals surface area (Å²) in [6.07, 6.45) is 2.91. The number of nitrogens with zero attached hydrogens (tertiary/aromatic N) is 5. The molecule has 1 unspecified atom stereocenters. The number of ether oxygens (including phenoxy) is 1. The van der Waals surface area contributed by atoms with E-state index in [0.29, 0.717) is 31.6 Å². The molecule has 0 bridgehead atoms. The van der Waals surface area contributed by atoms with Gasteiger partial charge < -0.3 is 25.2 Å². The van der Waals surface area contributed by atoms with Gasteiger partial charge in [0.1, 0.15) is 5.82 Å². The summed E-state index contributed by atoms with van der Waals surface area (Å²) < 4.78 is 5.72. The first-order valence-corrected chi connectivity index (χ1v) is 13.8. The number of benzene rings is 1. The normalized spacial score (nSPS) is 20.7. The summed E-state index contributed by atoms with van der Waals surface area (Å²) >= 11 is 0. The van der Waals surface area contributed by atoms with E-state index in [9.17, 15) is 9.59 Å². The molecule has 3 amide bonds. The number of amides is 3. The molecule has 1 aromatic carbocycles. The monoisotopic (exact) mass is 521 g/mol. The van der Waals surface area contributed by atoms with Gasteiger partial charge in [0.15, 0.2) is 5.82 Å². The van der Waals surface area contributed by atoms with Crippen LogP contribution in [0.1, 0.15) is 44.9 Å². The fourth-order valence-electron chi connectivity index (χ4n) is 5.74. The number of hydrogen-bond acceptors (Lipinski definition) is 7. The van der Waals surface area contributed by atoms with Crippen LogP contribution in [0.2, 0.25) is 0 Å². The standard InChI is InChI=1S/C28H39N7O3/c1-4-29-28(37)30-22-7-5-21(6-8-22)26-31-25-17-34(23-9-12-33(13-10-23)20(3)36)14-11-24(25)27(32-26)35-15-16-38-18-19(35)2/h5-8,19,23H,4,9-18H2,1-3H3,(H2,29,30,37). The van der Waals surface area contributed by atoms with Crippen molar-refractivity contribution in [2.45, 2.75) is 58.7 Å². The molecule has 2 fully saturated rings. The molecule has 2 aromatic rings. The Bertz CT molecular complexity index is 1150. The summed E-state index contributed by atoms with van der Waals surface area (Å²) in [5, 5.41) is 5.60. The molecule has 3 aliphatic heterocycles. The lowest BCUT2D eigenvalue weighted by atomic mass is 9.97. The zero-order valence-corrected chi connectivity index (χ0v) is 22.7. The number of anilines is 2. The number of likely N-dealkylation sites (tertiary alicyclic amines) is 1. The van der Waals surface area contributed by atoms with Crippen molar-refractivity contribution in [1.82, 2.24) is 25.1 Å². The Morgan fingerprint density at radius 1 is 1.08 bits per heavy atom. The van der Waals surface area contributed by atoms with Crippen LogP contribution < -0.4 is 15.5 Å². The summed E-state index contributed by atoms with van der Waals surface area (Å²) in [5.74, 6) is 1.90. The van der Waals surface area contributed by atoms with Crippen molar-refractivity contribution in [3.8, 4) is 11.4 Å². The summed E-state index contributed by atoms with van der Waals surface area (Å²) in [6.45, 7) is 11.9. The van der Waals surface area contributed by atoms with E-state index in [1.54, 1.807) is 6.92 Å². The molecule has 38 heavy (non-hydrogen) atoms. The second-order valence-corrected chi connectivity index (χ2v) is 10.4. The number of morpholine rings is 1. The van der Waals surface area contributed by atoms with E-state index in [2.05, 4.69) is 27.4 Å². The number of aromatic nitrogens is 2. The number of carbonyl (C=O) groups is 2. The lowest BCUT2D eigenvalue weighted by Gasteiger charge is -2.41. The molecule has 0 spiro atoms.